The van der Waals surface area contributed by atoms with Gasteiger partial charge in [-0.1, -0.05) is 12.2 Å². The summed E-state index contributed by atoms with van der Waals surface area (Å²) < 4.78 is 0. The summed E-state index contributed by atoms with van der Waals surface area (Å²) in [5.74, 6) is 0. The van der Waals surface area contributed by atoms with Gasteiger partial charge in [0.1, 0.15) is 0 Å². The van der Waals surface area contributed by atoms with Crippen LogP contribution in [0.1, 0.15) is 20.3 Å². The fourth-order valence-corrected chi connectivity index (χ4v) is 0.333. The lowest BCUT2D eigenvalue weighted by molar-refractivity contribution is 0.198. The Bertz CT molecular complexity index is 55.2. The Morgan fingerprint density at radius 3 is 2.43 bits per heavy atom. The van der Waals surface area contributed by atoms with Crippen molar-refractivity contribution in [1.29, 1.82) is 0 Å². The second-order valence-electron chi connectivity index (χ2n) is 1.65. The molecule has 0 saturated heterocycles. The molecule has 1 unspecified atom stereocenters. The summed E-state index contributed by atoms with van der Waals surface area (Å²) in [7, 11) is 0. The van der Waals surface area contributed by atoms with E-state index in [2.05, 4.69) is 0 Å². The second-order valence-corrected chi connectivity index (χ2v) is 1.65. The first-order chi connectivity index (χ1) is 3.27. The molecule has 0 rings (SSSR count). The van der Waals surface area contributed by atoms with Gasteiger partial charge in [-0.3, -0.25) is 0 Å². The third kappa shape index (κ3) is 5.70. The van der Waals surface area contributed by atoms with Crippen molar-refractivity contribution in [3.05, 3.63) is 12.2 Å². The Labute approximate surface area is 44.7 Å². The predicted octanol–water partition coefficient (Wildman–Crippen LogP) is 1.33. The summed E-state index contributed by atoms with van der Waals surface area (Å²) in [6.07, 6.45) is 4.48. The molecule has 0 aliphatic heterocycles. The summed E-state index contributed by atoms with van der Waals surface area (Å²) in [5, 5.41) is 8.63. The molecule has 0 radical (unpaired) electrons. The van der Waals surface area contributed by atoms with Gasteiger partial charge in [-0.2, -0.15) is 0 Å². The minimum absolute atomic E-state index is 0.184. The zero-order valence-electron chi connectivity index (χ0n) is 4.89. The zero-order chi connectivity index (χ0) is 5.70. The number of hydrogen-bond acceptors (Lipinski definition) is 1. The topological polar surface area (TPSA) is 20.2 Å². The Morgan fingerprint density at radius 1 is 1.71 bits per heavy atom. The van der Waals surface area contributed by atoms with Crippen LogP contribution in [0.15, 0.2) is 12.2 Å². The molecule has 0 heterocycles. The van der Waals surface area contributed by atoms with Crippen LogP contribution in [0.3, 0.4) is 0 Å². The van der Waals surface area contributed by atoms with Crippen molar-refractivity contribution in [2.75, 3.05) is 0 Å². The molecule has 0 fully saturated rings. The van der Waals surface area contributed by atoms with Crippen LogP contribution in [0.5, 0.6) is 0 Å². The Kier molecular flexibility index (Phi) is 3.71. The zero-order valence-corrected chi connectivity index (χ0v) is 4.89. The van der Waals surface area contributed by atoms with Crippen LogP contribution in [0, 0.1) is 0 Å². The van der Waals surface area contributed by atoms with E-state index in [-0.39, 0.29) is 6.10 Å². The van der Waals surface area contributed by atoms with Crippen LogP contribution in [-0.2, 0) is 0 Å². The van der Waals surface area contributed by atoms with Gasteiger partial charge in [0.05, 0.1) is 6.10 Å². The highest BCUT2D eigenvalue weighted by Crippen LogP contribution is 1.88. The van der Waals surface area contributed by atoms with Crippen LogP contribution >= 0.6 is 0 Å². The van der Waals surface area contributed by atoms with Crippen molar-refractivity contribution < 1.29 is 5.11 Å². The largest absolute Gasteiger partial charge is 0.393 e. The van der Waals surface area contributed by atoms with Crippen molar-refractivity contribution in [2.24, 2.45) is 0 Å². The summed E-state index contributed by atoms with van der Waals surface area (Å²) in [6, 6.07) is 0. The van der Waals surface area contributed by atoms with E-state index in [9.17, 15) is 0 Å². The van der Waals surface area contributed by atoms with Gasteiger partial charge >= 0.3 is 0 Å². The van der Waals surface area contributed by atoms with E-state index in [1.807, 2.05) is 19.1 Å². The first kappa shape index (κ1) is 6.70. The molecule has 1 heteroatoms. The van der Waals surface area contributed by atoms with Crippen LogP contribution in [0.2, 0.25) is 0 Å². The number of rotatable bonds is 2. The molecular weight excluding hydrogens is 88.1 g/mol. The average molecular weight is 100 g/mol. The summed E-state index contributed by atoms with van der Waals surface area (Å²) in [6.45, 7) is 3.72. The molecule has 0 amide bonds. The van der Waals surface area contributed by atoms with Crippen molar-refractivity contribution in [3.8, 4) is 0 Å². The van der Waals surface area contributed by atoms with E-state index in [4.69, 9.17) is 5.11 Å². The maximum Gasteiger partial charge on any atom is 0.0546 e. The van der Waals surface area contributed by atoms with Crippen molar-refractivity contribution in [1.82, 2.24) is 0 Å². The van der Waals surface area contributed by atoms with Gasteiger partial charge in [0.25, 0.3) is 0 Å². The summed E-state index contributed by atoms with van der Waals surface area (Å²) in [4.78, 5) is 0. The van der Waals surface area contributed by atoms with Gasteiger partial charge in [-0.25, -0.2) is 0 Å². The molecule has 1 atom stereocenters. The molecule has 42 valence electrons. The smallest absolute Gasteiger partial charge is 0.0546 e. The standard InChI is InChI=1S/C6H12O/c1-3-4-5-6(2)7/h3-4,6-7H,5H2,1-2H3/b4-3-. The van der Waals surface area contributed by atoms with Crippen molar-refractivity contribution >= 4 is 0 Å². The maximum atomic E-state index is 8.63. The van der Waals surface area contributed by atoms with E-state index in [1.165, 1.54) is 0 Å². The minimum atomic E-state index is -0.184. The summed E-state index contributed by atoms with van der Waals surface area (Å²) >= 11 is 0. The highest BCUT2D eigenvalue weighted by Gasteiger charge is 1.85. The van der Waals surface area contributed by atoms with Crippen molar-refractivity contribution in [3.63, 3.8) is 0 Å². The molecule has 1 N–H and O–H groups in total. The highest BCUT2D eigenvalue weighted by atomic mass is 16.3. The molecule has 0 aliphatic rings. The van der Waals surface area contributed by atoms with Gasteiger partial charge < -0.3 is 5.11 Å². The van der Waals surface area contributed by atoms with Gasteiger partial charge in [-0.15, -0.1) is 0 Å². The highest BCUT2D eigenvalue weighted by molar-refractivity contribution is 4.78. The predicted molar refractivity (Wildman–Crippen MR) is 31.1 cm³/mol. The number of aliphatic hydroxyl groups is 1. The number of aliphatic hydroxyl groups excluding tert-OH is 1. The van der Waals surface area contributed by atoms with Crippen LogP contribution in [0.4, 0.5) is 0 Å². The fraction of sp³-hybridized carbons (Fsp3) is 0.667. The Morgan fingerprint density at radius 2 is 2.29 bits per heavy atom. The number of hydrogen-bond donors (Lipinski definition) is 1. The first-order valence-electron chi connectivity index (χ1n) is 2.56. The summed E-state index contributed by atoms with van der Waals surface area (Å²) in [5.41, 5.74) is 0. The fourth-order valence-electron chi connectivity index (χ4n) is 0.333. The minimum Gasteiger partial charge on any atom is -0.393 e. The SMILES string of the molecule is C/C=C\CC(C)O. The van der Waals surface area contributed by atoms with Gasteiger partial charge in [0.2, 0.25) is 0 Å². The first-order valence-corrected chi connectivity index (χ1v) is 2.56. The van der Waals surface area contributed by atoms with Crippen LogP contribution < -0.4 is 0 Å². The third-order valence-electron chi connectivity index (χ3n) is 0.713. The molecule has 0 spiro atoms. The normalized spacial score (nSPS) is 15.3. The lowest BCUT2D eigenvalue weighted by Crippen LogP contribution is -1.94. The molecule has 7 heavy (non-hydrogen) atoms. The molecule has 0 bridgehead atoms. The third-order valence-corrected chi connectivity index (χ3v) is 0.713. The van der Waals surface area contributed by atoms with Crippen LogP contribution in [-0.4, -0.2) is 11.2 Å². The molecular formula is C6H12O. The van der Waals surface area contributed by atoms with Gasteiger partial charge in [-0.05, 0) is 20.3 Å². The van der Waals surface area contributed by atoms with Crippen molar-refractivity contribution in [2.45, 2.75) is 26.4 Å². The average Bonchev–Trinajstić information content (AvgIpc) is 1.61. The van der Waals surface area contributed by atoms with E-state index >= 15 is 0 Å². The quantitative estimate of drug-likeness (QED) is 0.519. The van der Waals surface area contributed by atoms with E-state index in [0.717, 1.165) is 6.42 Å². The molecule has 0 aliphatic carbocycles. The van der Waals surface area contributed by atoms with Gasteiger partial charge in [0, 0.05) is 0 Å². The van der Waals surface area contributed by atoms with E-state index in [0.29, 0.717) is 0 Å². The maximum absolute atomic E-state index is 8.63. The lowest BCUT2D eigenvalue weighted by atomic mass is 10.3. The van der Waals surface area contributed by atoms with E-state index in [1.54, 1.807) is 6.92 Å². The molecule has 1 nitrogen and oxygen atoms in total. The number of allylic oxidation sites excluding steroid dienone is 1. The lowest BCUT2D eigenvalue weighted by Gasteiger charge is -1.93. The molecule has 0 saturated carbocycles. The monoisotopic (exact) mass is 100 g/mol. The molecule has 0 aromatic heterocycles. The second kappa shape index (κ2) is 3.88. The van der Waals surface area contributed by atoms with Crippen LogP contribution in [0.25, 0.3) is 0 Å². The Balaban J connectivity index is 2.97. The molecule has 0 aromatic rings. The van der Waals surface area contributed by atoms with E-state index < -0.39 is 0 Å². The molecule has 0 aromatic carbocycles. The van der Waals surface area contributed by atoms with Gasteiger partial charge in [0.15, 0.2) is 0 Å². The Hall–Kier alpha value is -0.300.